The van der Waals surface area contributed by atoms with E-state index in [0.717, 1.165) is 12.1 Å². The number of anilines is 2. The Morgan fingerprint density at radius 1 is 0.964 bits per heavy atom. The summed E-state index contributed by atoms with van der Waals surface area (Å²) >= 11 is 0. The van der Waals surface area contributed by atoms with Gasteiger partial charge in [-0.2, -0.15) is 13.2 Å². The Morgan fingerprint density at radius 2 is 1.68 bits per heavy atom. The highest BCUT2D eigenvalue weighted by atomic mass is 19.4. The van der Waals surface area contributed by atoms with Gasteiger partial charge in [0.15, 0.2) is 0 Å². The van der Waals surface area contributed by atoms with E-state index in [4.69, 9.17) is 0 Å². The van der Waals surface area contributed by atoms with Crippen molar-refractivity contribution in [2.75, 3.05) is 5.32 Å². The van der Waals surface area contributed by atoms with E-state index in [1.165, 1.54) is 36.5 Å². The summed E-state index contributed by atoms with van der Waals surface area (Å²) < 4.78 is 51.3. The summed E-state index contributed by atoms with van der Waals surface area (Å²) in [4.78, 5) is 16.2. The van der Waals surface area contributed by atoms with Crippen molar-refractivity contribution in [3.63, 3.8) is 0 Å². The molecule has 1 aromatic heterocycles. The van der Waals surface area contributed by atoms with Crippen molar-refractivity contribution in [1.29, 1.82) is 0 Å². The highest BCUT2D eigenvalue weighted by Crippen LogP contribution is 2.30. The fraction of sp³-hybridized carbons (Fsp3) is 0.100. The molecule has 3 rings (SSSR count). The Morgan fingerprint density at radius 3 is 2.29 bits per heavy atom. The van der Waals surface area contributed by atoms with Gasteiger partial charge in [-0.1, -0.05) is 18.2 Å². The van der Waals surface area contributed by atoms with Crippen molar-refractivity contribution in [2.24, 2.45) is 0 Å². The fourth-order valence-corrected chi connectivity index (χ4v) is 2.41. The molecule has 0 aliphatic carbocycles. The molecule has 0 bridgehead atoms. The minimum Gasteiger partial charge on any atom is -0.348 e. The summed E-state index contributed by atoms with van der Waals surface area (Å²) in [6, 6.07) is 13.7. The number of aromatic nitrogens is 1. The molecule has 1 amide bonds. The van der Waals surface area contributed by atoms with Gasteiger partial charge in [0.2, 0.25) is 0 Å². The normalized spacial score (nSPS) is 11.1. The third-order valence-corrected chi connectivity index (χ3v) is 3.91. The van der Waals surface area contributed by atoms with Crippen molar-refractivity contribution >= 4 is 17.4 Å². The fourth-order valence-electron chi connectivity index (χ4n) is 2.41. The summed E-state index contributed by atoms with van der Waals surface area (Å²) in [7, 11) is 0. The largest absolute Gasteiger partial charge is 0.416 e. The van der Waals surface area contributed by atoms with Crippen LogP contribution in [0, 0.1) is 5.82 Å². The molecule has 0 fully saturated rings. The molecular weight excluding hydrogens is 374 g/mol. The number of carbonyl (C=O) groups is 1. The van der Waals surface area contributed by atoms with Gasteiger partial charge in [-0.05, 0) is 42.5 Å². The lowest BCUT2D eigenvalue weighted by Crippen LogP contribution is -2.23. The van der Waals surface area contributed by atoms with E-state index in [1.807, 2.05) is 0 Å². The van der Waals surface area contributed by atoms with E-state index in [9.17, 15) is 22.4 Å². The lowest BCUT2D eigenvalue weighted by molar-refractivity contribution is -0.137. The molecule has 2 N–H and O–H groups in total. The van der Waals surface area contributed by atoms with Crippen molar-refractivity contribution in [1.82, 2.24) is 10.3 Å². The first kappa shape index (κ1) is 19.3. The molecule has 1 heterocycles. The van der Waals surface area contributed by atoms with Crippen molar-refractivity contribution in [3.05, 3.63) is 89.4 Å². The van der Waals surface area contributed by atoms with Crippen LogP contribution in [0.3, 0.4) is 0 Å². The minimum absolute atomic E-state index is 0.0388. The minimum atomic E-state index is -4.39. The van der Waals surface area contributed by atoms with Gasteiger partial charge in [0.25, 0.3) is 5.91 Å². The number of rotatable bonds is 5. The number of nitrogens with zero attached hydrogens (tertiary/aromatic N) is 1. The van der Waals surface area contributed by atoms with Crippen LogP contribution in [0.4, 0.5) is 29.1 Å². The lowest BCUT2D eigenvalue weighted by Gasteiger charge is -2.10. The molecule has 0 saturated carbocycles. The molecule has 0 aliphatic heterocycles. The van der Waals surface area contributed by atoms with Gasteiger partial charge in [-0.25, -0.2) is 9.37 Å². The predicted octanol–water partition coefficient (Wildman–Crippen LogP) is 4.91. The first-order valence-corrected chi connectivity index (χ1v) is 8.25. The van der Waals surface area contributed by atoms with Gasteiger partial charge >= 0.3 is 6.18 Å². The first-order chi connectivity index (χ1) is 13.3. The summed E-state index contributed by atoms with van der Waals surface area (Å²) in [6.45, 7) is 0.0388. The number of benzene rings is 2. The number of carbonyl (C=O) groups excluding carboxylic acids is 1. The van der Waals surface area contributed by atoms with Crippen LogP contribution in [0.5, 0.6) is 0 Å². The highest BCUT2D eigenvalue weighted by Gasteiger charge is 2.29. The molecule has 144 valence electrons. The number of halogens is 4. The van der Waals surface area contributed by atoms with Crippen LogP contribution < -0.4 is 10.6 Å². The molecule has 0 atom stereocenters. The lowest BCUT2D eigenvalue weighted by atomic mass is 10.2. The number of alkyl halides is 3. The third kappa shape index (κ3) is 4.85. The summed E-state index contributed by atoms with van der Waals surface area (Å²) in [5.41, 5.74) is 0.323. The van der Waals surface area contributed by atoms with Gasteiger partial charge in [-0.15, -0.1) is 0 Å². The topological polar surface area (TPSA) is 54.0 Å². The van der Waals surface area contributed by atoms with Crippen LogP contribution in [0.15, 0.2) is 66.9 Å². The molecular formula is C20H15F4N3O. The van der Waals surface area contributed by atoms with Crippen LogP contribution in [-0.2, 0) is 12.7 Å². The van der Waals surface area contributed by atoms with E-state index in [-0.39, 0.29) is 12.1 Å². The maximum Gasteiger partial charge on any atom is 0.416 e. The maximum atomic E-state index is 13.6. The van der Waals surface area contributed by atoms with Crippen LogP contribution in [-0.4, -0.2) is 10.9 Å². The number of amides is 1. The maximum absolute atomic E-state index is 13.6. The average molecular weight is 389 g/mol. The molecule has 2 aromatic carbocycles. The van der Waals surface area contributed by atoms with Crippen LogP contribution in [0.2, 0.25) is 0 Å². The molecule has 0 spiro atoms. The Balaban J connectivity index is 1.60. The zero-order valence-electron chi connectivity index (χ0n) is 14.4. The SMILES string of the molecule is O=C(NCc1ccccc1F)c1ccc(Nc2ccc(C(F)(F)F)cc2)nc1. The van der Waals surface area contributed by atoms with Crippen molar-refractivity contribution in [2.45, 2.75) is 12.7 Å². The zero-order valence-corrected chi connectivity index (χ0v) is 14.4. The predicted molar refractivity (Wildman–Crippen MR) is 96.5 cm³/mol. The van der Waals surface area contributed by atoms with E-state index in [1.54, 1.807) is 18.2 Å². The smallest absolute Gasteiger partial charge is 0.348 e. The van der Waals surface area contributed by atoms with Crippen molar-refractivity contribution in [3.8, 4) is 0 Å². The molecule has 0 unspecified atom stereocenters. The van der Waals surface area contributed by atoms with Gasteiger partial charge < -0.3 is 10.6 Å². The number of nitrogens with one attached hydrogen (secondary N) is 2. The Bertz CT molecular complexity index is 954. The molecule has 0 radical (unpaired) electrons. The summed E-state index contributed by atoms with van der Waals surface area (Å²) in [5, 5.41) is 5.45. The Hall–Kier alpha value is -3.42. The number of hydrogen-bond acceptors (Lipinski definition) is 3. The van der Waals surface area contributed by atoms with E-state index < -0.39 is 23.5 Å². The molecule has 28 heavy (non-hydrogen) atoms. The molecule has 8 heteroatoms. The second kappa shape index (κ2) is 8.08. The second-order valence-corrected chi connectivity index (χ2v) is 5.91. The van der Waals surface area contributed by atoms with E-state index in [2.05, 4.69) is 15.6 Å². The van der Waals surface area contributed by atoms with Crippen LogP contribution >= 0.6 is 0 Å². The molecule has 4 nitrogen and oxygen atoms in total. The molecule has 0 saturated heterocycles. The Kier molecular flexibility index (Phi) is 5.58. The highest BCUT2D eigenvalue weighted by molar-refractivity contribution is 5.94. The molecule has 0 aliphatic rings. The van der Waals surface area contributed by atoms with E-state index >= 15 is 0 Å². The first-order valence-electron chi connectivity index (χ1n) is 8.25. The van der Waals surface area contributed by atoms with Gasteiger partial charge in [0.1, 0.15) is 11.6 Å². The average Bonchev–Trinajstić information content (AvgIpc) is 2.67. The van der Waals surface area contributed by atoms with Gasteiger partial charge in [0.05, 0.1) is 11.1 Å². The number of hydrogen-bond donors (Lipinski definition) is 2. The summed E-state index contributed by atoms with van der Waals surface area (Å²) in [5.74, 6) is -0.459. The second-order valence-electron chi connectivity index (χ2n) is 5.91. The summed E-state index contributed by atoms with van der Waals surface area (Å²) in [6.07, 6.45) is -3.07. The van der Waals surface area contributed by atoms with Crippen LogP contribution in [0.25, 0.3) is 0 Å². The number of pyridine rings is 1. The van der Waals surface area contributed by atoms with Crippen molar-refractivity contribution < 1.29 is 22.4 Å². The van der Waals surface area contributed by atoms with Gasteiger partial charge in [0, 0.05) is 24.0 Å². The zero-order chi connectivity index (χ0) is 20.1. The quantitative estimate of drug-likeness (QED) is 0.610. The van der Waals surface area contributed by atoms with Crippen LogP contribution in [0.1, 0.15) is 21.5 Å². The molecule has 3 aromatic rings. The Labute approximate surface area is 158 Å². The third-order valence-electron chi connectivity index (χ3n) is 3.91. The van der Waals surface area contributed by atoms with E-state index in [0.29, 0.717) is 17.1 Å². The van der Waals surface area contributed by atoms with Gasteiger partial charge in [-0.3, -0.25) is 4.79 Å². The monoisotopic (exact) mass is 389 g/mol. The standard InChI is InChI=1S/C20H15F4N3O/c21-17-4-2-1-3-13(17)11-26-19(28)14-5-10-18(25-12-14)27-16-8-6-15(7-9-16)20(22,23)24/h1-10,12H,11H2,(H,25,27)(H,26,28).